The molecule has 5 heteroatoms. The number of aryl methyl sites for hydroxylation is 1. The number of nitrogens with zero attached hydrogens (tertiary/aromatic N) is 1. The lowest BCUT2D eigenvalue weighted by atomic mass is 10.2. The molecule has 0 aliphatic heterocycles. The predicted molar refractivity (Wildman–Crippen MR) is 97.0 cm³/mol. The van der Waals surface area contributed by atoms with E-state index in [9.17, 15) is 0 Å². The first kappa shape index (κ1) is 19.0. The highest BCUT2D eigenvalue weighted by Gasteiger charge is 2.07. The molecule has 2 N–H and O–H groups in total. The molecule has 0 aliphatic carbocycles. The van der Waals surface area contributed by atoms with Crippen LogP contribution in [0.3, 0.4) is 0 Å². The summed E-state index contributed by atoms with van der Waals surface area (Å²) in [5.74, 6) is 1.47. The van der Waals surface area contributed by atoms with Crippen LogP contribution in [-0.4, -0.2) is 38.8 Å². The molecule has 0 saturated carbocycles. The van der Waals surface area contributed by atoms with Crippen molar-refractivity contribution in [2.24, 2.45) is 10.9 Å². The molecule has 0 aliphatic rings. The maximum atomic E-state index is 5.57. The molecule has 0 amide bonds. The van der Waals surface area contributed by atoms with Crippen LogP contribution in [0, 0.1) is 12.8 Å². The van der Waals surface area contributed by atoms with E-state index in [2.05, 4.69) is 55.5 Å². The van der Waals surface area contributed by atoms with Crippen LogP contribution < -0.4 is 10.6 Å². The van der Waals surface area contributed by atoms with Crippen molar-refractivity contribution in [2.45, 2.75) is 46.6 Å². The fraction of sp³-hybridized carbons (Fsp3) is 0.706. The Labute approximate surface area is 139 Å². The molecule has 22 heavy (non-hydrogen) atoms. The Balaban J connectivity index is 2.18. The van der Waals surface area contributed by atoms with Crippen molar-refractivity contribution in [1.29, 1.82) is 0 Å². The monoisotopic (exact) mass is 325 g/mol. The van der Waals surface area contributed by atoms with Crippen molar-refractivity contribution in [3.05, 3.63) is 21.9 Å². The third kappa shape index (κ3) is 8.39. The van der Waals surface area contributed by atoms with Crippen molar-refractivity contribution >= 4 is 17.3 Å². The summed E-state index contributed by atoms with van der Waals surface area (Å²) in [7, 11) is 1.81. The van der Waals surface area contributed by atoms with Gasteiger partial charge in [0, 0.05) is 49.0 Å². The third-order valence-electron chi connectivity index (χ3n) is 3.12. The lowest BCUT2D eigenvalue weighted by Crippen LogP contribution is -2.43. The molecule has 0 aromatic carbocycles. The molecule has 1 heterocycles. The Morgan fingerprint density at radius 3 is 2.68 bits per heavy atom. The van der Waals surface area contributed by atoms with Crippen LogP contribution in [0.1, 0.15) is 36.9 Å². The highest BCUT2D eigenvalue weighted by molar-refractivity contribution is 7.11. The van der Waals surface area contributed by atoms with Crippen molar-refractivity contribution in [2.75, 3.05) is 26.8 Å². The van der Waals surface area contributed by atoms with Gasteiger partial charge in [0.2, 0.25) is 0 Å². The molecule has 1 rings (SSSR count). The van der Waals surface area contributed by atoms with Gasteiger partial charge in [0.1, 0.15) is 0 Å². The van der Waals surface area contributed by atoms with Crippen LogP contribution in [0.2, 0.25) is 0 Å². The molecule has 4 nitrogen and oxygen atoms in total. The normalized spacial score (nSPS) is 13.5. The van der Waals surface area contributed by atoms with E-state index in [1.807, 2.05) is 18.4 Å². The van der Waals surface area contributed by atoms with Crippen LogP contribution in [0.15, 0.2) is 17.1 Å². The number of rotatable bonds is 9. The average molecular weight is 326 g/mol. The largest absolute Gasteiger partial charge is 0.381 e. The number of guanidine groups is 1. The molecule has 0 spiro atoms. The van der Waals surface area contributed by atoms with Crippen LogP contribution >= 0.6 is 11.3 Å². The Hall–Kier alpha value is -1.07. The van der Waals surface area contributed by atoms with Crippen LogP contribution in [0.4, 0.5) is 0 Å². The minimum absolute atomic E-state index is 0.362. The summed E-state index contributed by atoms with van der Waals surface area (Å²) in [6.45, 7) is 11.2. The van der Waals surface area contributed by atoms with Crippen molar-refractivity contribution < 1.29 is 4.74 Å². The van der Waals surface area contributed by atoms with Crippen LogP contribution in [-0.2, 0) is 11.2 Å². The second-order valence-electron chi connectivity index (χ2n) is 6.08. The summed E-state index contributed by atoms with van der Waals surface area (Å²) in [5.41, 5.74) is 0. The minimum Gasteiger partial charge on any atom is -0.381 e. The fourth-order valence-corrected chi connectivity index (χ4v) is 3.09. The van der Waals surface area contributed by atoms with Gasteiger partial charge in [-0.25, -0.2) is 0 Å². The van der Waals surface area contributed by atoms with E-state index in [-0.39, 0.29) is 0 Å². The van der Waals surface area contributed by atoms with Crippen LogP contribution in [0.25, 0.3) is 0 Å². The van der Waals surface area contributed by atoms with Crippen molar-refractivity contribution in [1.82, 2.24) is 10.6 Å². The van der Waals surface area contributed by atoms with E-state index < -0.39 is 0 Å². The van der Waals surface area contributed by atoms with Gasteiger partial charge in [0.05, 0.1) is 0 Å². The van der Waals surface area contributed by atoms with E-state index in [0.29, 0.717) is 12.0 Å². The van der Waals surface area contributed by atoms with Gasteiger partial charge in [0.15, 0.2) is 5.96 Å². The summed E-state index contributed by atoms with van der Waals surface area (Å²) < 4.78 is 5.57. The van der Waals surface area contributed by atoms with Crippen molar-refractivity contribution in [3.8, 4) is 0 Å². The highest BCUT2D eigenvalue weighted by Crippen LogP contribution is 2.16. The van der Waals surface area contributed by atoms with Gasteiger partial charge >= 0.3 is 0 Å². The third-order valence-corrected chi connectivity index (χ3v) is 4.14. The van der Waals surface area contributed by atoms with E-state index in [1.54, 1.807) is 0 Å². The number of thiophene rings is 1. The zero-order valence-electron chi connectivity index (χ0n) is 14.6. The SMILES string of the molecule is CN=C(NCCCOCC(C)C)NC(C)Cc1ccc(C)s1. The Kier molecular flexibility index (Phi) is 9.16. The van der Waals surface area contributed by atoms with E-state index in [1.165, 1.54) is 9.75 Å². The van der Waals surface area contributed by atoms with Gasteiger partial charge in [-0.2, -0.15) is 0 Å². The van der Waals surface area contributed by atoms with E-state index in [0.717, 1.165) is 38.6 Å². The molecule has 0 bridgehead atoms. The number of ether oxygens (including phenoxy) is 1. The van der Waals surface area contributed by atoms with E-state index >= 15 is 0 Å². The lowest BCUT2D eigenvalue weighted by molar-refractivity contribution is 0.108. The lowest BCUT2D eigenvalue weighted by Gasteiger charge is -2.17. The fourth-order valence-electron chi connectivity index (χ4n) is 2.08. The molecule has 1 aromatic rings. The molecule has 0 fully saturated rings. The summed E-state index contributed by atoms with van der Waals surface area (Å²) >= 11 is 1.86. The molecule has 0 saturated heterocycles. The van der Waals surface area contributed by atoms with Gasteiger partial charge in [-0.1, -0.05) is 13.8 Å². The second-order valence-corrected chi connectivity index (χ2v) is 7.46. The average Bonchev–Trinajstić information content (AvgIpc) is 2.86. The summed E-state index contributed by atoms with van der Waals surface area (Å²) in [6, 6.07) is 4.75. The highest BCUT2D eigenvalue weighted by atomic mass is 32.1. The second kappa shape index (κ2) is 10.6. The quantitative estimate of drug-likeness (QED) is 0.416. The maximum absolute atomic E-state index is 5.57. The topological polar surface area (TPSA) is 45.7 Å². The van der Waals surface area contributed by atoms with Gasteiger partial charge in [-0.15, -0.1) is 11.3 Å². The van der Waals surface area contributed by atoms with Gasteiger partial charge in [-0.3, -0.25) is 4.99 Å². The Bertz CT molecular complexity index is 443. The number of aliphatic imine (C=N–C) groups is 1. The maximum Gasteiger partial charge on any atom is 0.191 e. The first-order valence-electron chi connectivity index (χ1n) is 8.11. The van der Waals surface area contributed by atoms with E-state index in [4.69, 9.17) is 4.74 Å². The predicted octanol–water partition coefficient (Wildman–Crippen LogP) is 3.22. The minimum atomic E-state index is 0.362. The first-order valence-corrected chi connectivity index (χ1v) is 8.93. The molecule has 0 radical (unpaired) electrons. The van der Waals surface area contributed by atoms with Crippen LogP contribution in [0.5, 0.6) is 0 Å². The standard InChI is InChI=1S/C17H31N3OS/c1-13(2)12-21-10-6-9-19-17(18-5)20-14(3)11-16-8-7-15(4)22-16/h7-8,13-14H,6,9-12H2,1-5H3,(H2,18,19,20). The number of nitrogens with one attached hydrogen (secondary N) is 2. The molecular weight excluding hydrogens is 294 g/mol. The molecule has 1 aromatic heterocycles. The van der Waals surface area contributed by atoms with Crippen molar-refractivity contribution in [3.63, 3.8) is 0 Å². The van der Waals surface area contributed by atoms with Gasteiger partial charge < -0.3 is 15.4 Å². The molecule has 1 unspecified atom stereocenters. The first-order chi connectivity index (χ1) is 10.5. The zero-order valence-corrected chi connectivity index (χ0v) is 15.4. The summed E-state index contributed by atoms with van der Waals surface area (Å²) in [4.78, 5) is 7.06. The summed E-state index contributed by atoms with van der Waals surface area (Å²) in [5, 5.41) is 6.78. The number of hydrogen-bond donors (Lipinski definition) is 2. The molecule has 1 atom stereocenters. The zero-order chi connectivity index (χ0) is 16.4. The Morgan fingerprint density at radius 1 is 1.32 bits per heavy atom. The number of hydrogen-bond acceptors (Lipinski definition) is 3. The molecular formula is C17H31N3OS. The van der Waals surface area contributed by atoms with Gasteiger partial charge in [0.25, 0.3) is 0 Å². The smallest absolute Gasteiger partial charge is 0.191 e. The summed E-state index contributed by atoms with van der Waals surface area (Å²) in [6.07, 6.45) is 2.02. The van der Waals surface area contributed by atoms with Gasteiger partial charge in [-0.05, 0) is 38.3 Å². The molecule has 126 valence electrons. The Morgan fingerprint density at radius 2 is 2.09 bits per heavy atom.